The van der Waals surface area contributed by atoms with E-state index in [2.05, 4.69) is 42.0 Å². The number of carbonyl (C=O) groups excluding carboxylic acids is 1. The Morgan fingerprint density at radius 1 is 1.03 bits per heavy atom. The fourth-order valence-electron chi connectivity index (χ4n) is 6.15. The fraction of sp³-hybridized carbons (Fsp3) is 0.828. The molecule has 2 heterocycles. The number of nitrogens with zero attached hydrogens (tertiary/aromatic N) is 4. The van der Waals surface area contributed by atoms with Crippen LogP contribution in [0.4, 0.5) is 5.82 Å². The highest BCUT2D eigenvalue weighted by Gasteiger charge is 2.34. The van der Waals surface area contributed by atoms with Gasteiger partial charge in [0.2, 0.25) is 5.91 Å². The van der Waals surface area contributed by atoms with Gasteiger partial charge in [0.1, 0.15) is 11.6 Å². The molecule has 5 rings (SSSR count). The summed E-state index contributed by atoms with van der Waals surface area (Å²) in [5.41, 5.74) is 1.23. The van der Waals surface area contributed by atoms with E-state index in [9.17, 15) is 9.90 Å². The van der Waals surface area contributed by atoms with E-state index in [1.54, 1.807) is 0 Å². The van der Waals surface area contributed by atoms with Gasteiger partial charge in [0.15, 0.2) is 0 Å². The molecule has 2 N–H and O–H groups in total. The zero-order chi connectivity index (χ0) is 25.3. The standard InChI is InChI=1S/C29H47N5O2/c1-29(2,3)28-31-25(21-5-4-6-21)19-26(32-28)34-15-13-33(14-16-34)12-11-20-7-9-23(10-8-20)30-27(36)22-17-24(35)18-22/h19-24,35H,4-18H2,1-3H3,(H,30,36)/t20-,22-,23-,24+. The van der Waals surface area contributed by atoms with Crippen molar-refractivity contribution < 1.29 is 9.90 Å². The molecule has 1 amide bonds. The van der Waals surface area contributed by atoms with Gasteiger partial charge in [-0.3, -0.25) is 9.69 Å². The normalized spacial score (nSPS) is 29.9. The highest BCUT2D eigenvalue weighted by molar-refractivity contribution is 5.79. The smallest absolute Gasteiger partial charge is 0.223 e. The van der Waals surface area contributed by atoms with E-state index in [1.165, 1.54) is 50.8 Å². The molecule has 36 heavy (non-hydrogen) atoms. The van der Waals surface area contributed by atoms with Crippen molar-refractivity contribution in [2.45, 2.75) is 108 Å². The van der Waals surface area contributed by atoms with Crippen molar-refractivity contribution in [1.29, 1.82) is 0 Å². The summed E-state index contributed by atoms with van der Waals surface area (Å²) in [4.78, 5) is 27.4. The summed E-state index contributed by atoms with van der Waals surface area (Å²) < 4.78 is 0. The molecule has 0 aromatic carbocycles. The number of hydrogen-bond acceptors (Lipinski definition) is 6. The maximum absolute atomic E-state index is 12.3. The maximum atomic E-state index is 12.3. The Morgan fingerprint density at radius 3 is 2.31 bits per heavy atom. The van der Waals surface area contributed by atoms with E-state index in [0.717, 1.165) is 56.6 Å². The predicted octanol–water partition coefficient (Wildman–Crippen LogP) is 4.00. The van der Waals surface area contributed by atoms with Gasteiger partial charge in [0.05, 0.1) is 6.10 Å². The molecule has 200 valence electrons. The second kappa shape index (κ2) is 10.9. The van der Waals surface area contributed by atoms with Gasteiger partial charge in [-0.15, -0.1) is 0 Å². The molecule has 7 nitrogen and oxygen atoms in total. The van der Waals surface area contributed by atoms with Gasteiger partial charge in [0, 0.05) is 61.2 Å². The summed E-state index contributed by atoms with van der Waals surface area (Å²) in [6, 6.07) is 2.62. The van der Waals surface area contributed by atoms with Crippen LogP contribution in [-0.4, -0.2) is 70.8 Å². The molecule has 4 aliphatic rings. The number of amides is 1. The lowest BCUT2D eigenvalue weighted by atomic mass is 9.80. The van der Waals surface area contributed by atoms with Gasteiger partial charge in [0.25, 0.3) is 0 Å². The maximum Gasteiger partial charge on any atom is 0.223 e. The average Bonchev–Trinajstić information content (AvgIpc) is 2.80. The summed E-state index contributed by atoms with van der Waals surface area (Å²) in [7, 11) is 0. The Morgan fingerprint density at radius 2 is 1.72 bits per heavy atom. The first-order chi connectivity index (χ1) is 17.2. The van der Waals surface area contributed by atoms with E-state index in [0.29, 0.717) is 24.8 Å². The van der Waals surface area contributed by atoms with Crippen molar-refractivity contribution in [3.63, 3.8) is 0 Å². The summed E-state index contributed by atoms with van der Waals surface area (Å²) in [6.45, 7) is 12.1. The van der Waals surface area contributed by atoms with Gasteiger partial charge >= 0.3 is 0 Å². The minimum absolute atomic E-state index is 0.0299. The van der Waals surface area contributed by atoms with Crippen LogP contribution in [-0.2, 0) is 10.2 Å². The first kappa shape index (κ1) is 25.9. The Kier molecular flexibility index (Phi) is 7.87. The van der Waals surface area contributed by atoms with Gasteiger partial charge < -0.3 is 15.3 Å². The Balaban J connectivity index is 1.05. The van der Waals surface area contributed by atoms with Crippen LogP contribution in [0.5, 0.6) is 0 Å². The minimum atomic E-state index is -0.259. The Labute approximate surface area is 217 Å². The first-order valence-corrected chi connectivity index (χ1v) is 14.6. The monoisotopic (exact) mass is 497 g/mol. The van der Waals surface area contributed by atoms with Crippen LogP contribution in [0.25, 0.3) is 0 Å². The quantitative estimate of drug-likeness (QED) is 0.593. The molecule has 1 aromatic rings. The van der Waals surface area contributed by atoms with Crippen LogP contribution in [0.1, 0.15) is 102 Å². The van der Waals surface area contributed by atoms with Gasteiger partial charge in [-0.25, -0.2) is 9.97 Å². The molecule has 3 aliphatic carbocycles. The molecule has 3 saturated carbocycles. The number of aliphatic hydroxyl groups excluding tert-OH is 1. The lowest BCUT2D eigenvalue weighted by molar-refractivity contribution is -0.132. The van der Waals surface area contributed by atoms with Gasteiger partial charge in [-0.1, -0.05) is 27.2 Å². The van der Waals surface area contributed by atoms with Crippen LogP contribution >= 0.6 is 0 Å². The van der Waals surface area contributed by atoms with E-state index >= 15 is 0 Å². The number of hydrogen-bond donors (Lipinski definition) is 2. The minimum Gasteiger partial charge on any atom is -0.393 e. The highest BCUT2D eigenvalue weighted by Crippen LogP contribution is 2.37. The Bertz CT molecular complexity index is 889. The molecule has 0 radical (unpaired) electrons. The van der Waals surface area contributed by atoms with Crippen molar-refractivity contribution in [3.05, 3.63) is 17.6 Å². The van der Waals surface area contributed by atoms with Crippen molar-refractivity contribution in [2.24, 2.45) is 11.8 Å². The van der Waals surface area contributed by atoms with E-state index in [4.69, 9.17) is 9.97 Å². The van der Waals surface area contributed by atoms with Crippen LogP contribution < -0.4 is 10.2 Å². The van der Waals surface area contributed by atoms with Crippen molar-refractivity contribution in [3.8, 4) is 0 Å². The molecule has 0 atom stereocenters. The topological polar surface area (TPSA) is 81.6 Å². The van der Waals surface area contributed by atoms with Crippen LogP contribution in [0.15, 0.2) is 6.07 Å². The zero-order valence-electron chi connectivity index (χ0n) is 22.7. The second-order valence-corrected chi connectivity index (χ2v) is 13.0. The lowest BCUT2D eigenvalue weighted by Gasteiger charge is -2.38. The van der Waals surface area contributed by atoms with E-state index in [-0.39, 0.29) is 23.3 Å². The van der Waals surface area contributed by atoms with Crippen LogP contribution in [0.2, 0.25) is 0 Å². The second-order valence-electron chi connectivity index (χ2n) is 13.0. The van der Waals surface area contributed by atoms with Crippen molar-refractivity contribution in [1.82, 2.24) is 20.2 Å². The van der Waals surface area contributed by atoms with Crippen LogP contribution in [0.3, 0.4) is 0 Å². The molecule has 1 aliphatic heterocycles. The van der Waals surface area contributed by atoms with Gasteiger partial charge in [-0.05, 0) is 70.3 Å². The largest absolute Gasteiger partial charge is 0.393 e. The van der Waals surface area contributed by atoms with Gasteiger partial charge in [-0.2, -0.15) is 0 Å². The van der Waals surface area contributed by atoms with E-state index in [1.807, 2.05) is 0 Å². The number of piperazine rings is 1. The number of nitrogens with one attached hydrogen (secondary N) is 1. The third-order valence-corrected chi connectivity index (χ3v) is 9.15. The first-order valence-electron chi connectivity index (χ1n) is 14.6. The molecule has 0 bridgehead atoms. The lowest BCUT2D eigenvalue weighted by Crippen LogP contribution is -2.48. The van der Waals surface area contributed by atoms with E-state index < -0.39 is 0 Å². The number of carbonyl (C=O) groups is 1. The number of rotatable bonds is 7. The molecule has 0 unspecified atom stereocenters. The molecule has 4 fully saturated rings. The van der Waals surface area contributed by atoms with Crippen molar-refractivity contribution >= 4 is 11.7 Å². The molecular formula is C29H47N5O2. The molecule has 1 aromatic heterocycles. The summed E-state index contributed by atoms with van der Waals surface area (Å²) in [6.07, 6.45) is 10.8. The summed E-state index contributed by atoms with van der Waals surface area (Å²) in [5.74, 6) is 3.74. The average molecular weight is 498 g/mol. The zero-order valence-corrected chi connectivity index (χ0v) is 22.7. The molecule has 1 saturated heterocycles. The fourth-order valence-corrected chi connectivity index (χ4v) is 6.15. The predicted molar refractivity (Wildman–Crippen MR) is 143 cm³/mol. The molecular weight excluding hydrogens is 450 g/mol. The number of aliphatic hydroxyl groups is 1. The summed E-state index contributed by atoms with van der Waals surface area (Å²) in [5, 5.41) is 12.7. The molecule has 0 spiro atoms. The Hall–Kier alpha value is -1.73. The summed E-state index contributed by atoms with van der Waals surface area (Å²) >= 11 is 0. The van der Waals surface area contributed by atoms with Crippen LogP contribution in [0, 0.1) is 11.8 Å². The highest BCUT2D eigenvalue weighted by atomic mass is 16.3. The SMILES string of the molecule is CC(C)(C)c1nc(C2CCC2)cc(N2CCN(CC[C@H]3CC[C@H](NC(=O)[C@H]4C[C@@H](O)C4)CC3)CC2)n1. The number of aromatic nitrogens is 2. The van der Waals surface area contributed by atoms with Crippen molar-refractivity contribution in [2.75, 3.05) is 37.6 Å². The third kappa shape index (κ3) is 6.21. The third-order valence-electron chi connectivity index (χ3n) is 9.15. The number of anilines is 1. The molecule has 7 heteroatoms.